The van der Waals surface area contributed by atoms with E-state index in [2.05, 4.69) is 0 Å². The summed E-state index contributed by atoms with van der Waals surface area (Å²) in [7, 11) is -3.52. The van der Waals surface area contributed by atoms with Crippen molar-refractivity contribution in [3.63, 3.8) is 0 Å². The Morgan fingerprint density at radius 1 is 1.15 bits per heavy atom. The summed E-state index contributed by atoms with van der Waals surface area (Å²) in [5.41, 5.74) is 1.87. The predicted molar refractivity (Wildman–Crippen MR) is 73.2 cm³/mol. The number of aryl methyl sites for hydroxylation is 1. The fourth-order valence-corrected chi connectivity index (χ4v) is 3.31. The van der Waals surface area contributed by atoms with Crippen LogP contribution in [-0.2, 0) is 15.6 Å². The number of nitriles is 1. The van der Waals surface area contributed by atoms with E-state index in [4.69, 9.17) is 5.26 Å². The van der Waals surface area contributed by atoms with Crippen LogP contribution in [0.1, 0.15) is 16.7 Å². The minimum Gasteiger partial charge on any atom is -0.223 e. The van der Waals surface area contributed by atoms with Gasteiger partial charge in [-0.25, -0.2) is 12.8 Å². The Bertz CT molecular complexity index is 775. The van der Waals surface area contributed by atoms with Gasteiger partial charge in [0.2, 0.25) is 0 Å². The van der Waals surface area contributed by atoms with E-state index in [-0.39, 0.29) is 10.6 Å². The fourth-order valence-electron chi connectivity index (χ4n) is 1.86. The molecule has 5 heteroatoms. The fraction of sp³-hybridized carbons (Fsp3) is 0.133. The zero-order valence-corrected chi connectivity index (χ0v) is 11.6. The summed E-state index contributed by atoms with van der Waals surface area (Å²) >= 11 is 0. The summed E-state index contributed by atoms with van der Waals surface area (Å²) in [6.07, 6.45) is 0. The molecule has 0 spiro atoms. The average molecular weight is 289 g/mol. The number of hydrogen-bond acceptors (Lipinski definition) is 3. The summed E-state index contributed by atoms with van der Waals surface area (Å²) in [6, 6.07) is 11.6. The lowest BCUT2D eigenvalue weighted by molar-refractivity contribution is 0.594. The van der Waals surface area contributed by atoms with Gasteiger partial charge >= 0.3 is 0 Å². The van der Waals surface area contributed by atoms with E-state index in [0.29, 0.717) is 11.1 Å². The first-order chi connectivity index (χ1) is 9.42. The molecule has 0 saturated carbocycles. The van der Waals surface area contributed by atoms with Gasteiger partial charge in [0, 0.05) is 0 Å². The molecule has 0 saturated heterocycles. The van der Waals surface area contributed by atoms with Crippen molar-refractivity contribution >= 4 is 9.84 Å². The van der Waals surface area contributed by atoms with Crippen LogP contribution in [0.5, 0.6) is 0 Å². The second kappa shape index (κ2) is 5.43. The van der Waals surface area contributed by atoms with E-state index in [0.717, 1.165) is 17.7 Å². The van der Waals surface area contributed by atoms with Gasteiger partial charge in [-0.05, 0) is 54.4 Å². The number of halogens is 1. The third-order valence-electron chi connectivity index (χ3n) is 2.99. The Morgan fingerprint density at radius 2 is 1.80 bits per heavy atom. The number of nitrogens with zero attached hydrogens (tertiary/aromatic N) is 1. The molecule has 0 aliphatic rings. The molecule has 3 nitrogen and oxygen atoms in total. The predicted octanol–water partition coefficient (Wildman–Crippen LogP) is 2.98. The Balaban J connectivity index is 2.34. The van der Waals surface area contributed by atoms with E-state index in [1.54, 1.807) is 25.1 Å². The zero-order valence-electron chi connectivity index (χ0n) is 10.8. The third kappa shape index (κ3) is 3.03. The summed E-state index contributed by atoms with van der Waals surface area (Å²) < 4.78 is 37.3. The van der Waals surface area contributed by atoms with E-state index in [9.17, 15) is 12.8 Å². The lowest BCUT2D eigenvalue weighted by atomic mass is 10.1. The molecule has 0 aromatic heterocycles. The first kappa shape index (κ1) is 14.2. The summed E-state index contributed by atoms with van der Waals surface area (Å²) in [4.78, 5) is 0.0858. The van der Waals surface area contributed by atoms with Crippen LogP contribution in [0.15, 0.2) is 47.4 Å². The molecule has 102 valence electrons. The molecule has 0 aliphatic heterocycles. The maximum atomic E-state index is 12.8. The van der Waals surface area contributed by atoms with Gasteiger partial charge in [0.05, 0.1) is 22.3 Å². The maximum absolute atomic E-state index is 12.8. The highest BCUT2D eigenvalue weighted by Crippen LogP contribution is 2.19. The standard InChI is InChI=1S/C15H12FNO2S/c1-11-8-12(9-17)2-3-13(11)10-20(18,19)15-6-4-14(16)5-7-15/h2-8H,10H2,1H3. The van der Waals surface area contributed by atoms with Gasteiger partial charge in [0.25, 0.3) is 0 Å². The molecule has 0 radical (unpaired) electrons. The van der Waals surface area contributed by atoms with Crippen LogP contribution in [0.4, 0.5) is 4.39 Å². The van der Waals surface area contributed by atoms with Gasteiger partial charge in [-0.3, -0.25) is 0 Å². The lowest BCUT2D eigenvalue weighted by Gasteiger charge is -2.08. The number of hydrogen-bond donors (Lipinski definition) is 0. The van der Waals surface area contributed by atoms with Crippen molar-refractivity contribution < 1.29 is 12.8 Å². The van der Waals surface area contributed by atoms with Crippen molar-refractivity contribution in [1.82, 2.24) is 0 Å². The van der Waals surface area contributed by atoms with E-state index < -0.39 is 15.7 Å². The molecule has 0 fully saturated rings. The van der Waals surface area contributed by atoms with Crippen LogP contribution >= 0.6 is 0 Å². The molecule has 0 amide bonds. The van der Waals surface area contributed by atoms with Crippen molar-refractivity contribution in [2.24, 2.45) is 0 Å². The normalized spacial score (nSPS) is 11.1. The van der Waals surface area contributed by atoms with Crippen molar-refractivity contribution in [2.45, 2.75) is 17.6 Å². The molecule has 2 aromatic rings. The summed E-state index contributed by atoms with van der Waals surface area (Å²) in [5.74, 6) is -0.644. The van der Waals surface area contributed by atoms with Gasteiger partial charge in [-0.1, -0.05) is 6.07 Å². The van der Waals surface area contributed by atoms with E-state index >= 15 is 0 Å². The number of sulfone groups is 1. The molecule has 2 rings (SSSR count). The van der Waals surface area contributed by atoms with Crippen LogP contribution in [0.3, 0.4) is 0 Å². The zero-order chi connectivity index (χ0) is 14.8. The maximum Gasteiger partial charge on any atom is 0.182 e. The van der Waals surface area contributed by atoms with Crippen molar-refractivity contribution in [3.8, 4) is 6.07 Å². The highest BCUT2D eigenvalue weighted by atomic mass is 32.2. The summed E-state index contributed by atoms with van der Waals surface area (Å²) in [6.45, 7) is 1.76. The Morgan fingerprint density at radius 3 is 2.35 bits per heavy atom. The lowest BCUT2D eigenvalue weighted by Crippen LogP contribution is -2.06. The van der Waals surface area contributed by atoms with E-state index in [1.165, 1.54) is 12.1 Å². The smallest absolute Gasteiger partial charge is 0.182 e. The molecule has 0 heterocycles. The topological polar surface area (TPSA) is 57.9 Å². The first-order valence-electron chi connectivity index (χ1n) is 5.90. The van der Waals surface area contributed by atoms with Crippen LogP contribution in [0, 0.1) is 24.1 Å². The molecule has 0 atom stereocenters. The highest BCUT2D eigenvalue weighted by molar-refractivity contribution is 7.90. The monoisotopic (exact) mass is 289 g/mol. The van der Waals surface area contributed by atoms with Crippen molar-refractivity contribution in [3.05, 3.63) is 65.0 Å². The largest absolute Gasteiger partial charge is 0.223 e. The van der Waals surface area contributed by atoms with Gasteiger partial charge in [0.15, 0.2) is 9.84 Å². The van der Waals surface area contributed by atoms with Crippen molar-refractivity contribution in [2.75, 3.05) is 0 Å². The molecule has 0 unspecified atom stereocenters. The van der Waals surface area contributed by atoms with Crippen LogP contribution < -0.4 is 0 Å². The van der Waals surface area contributed by atoms with Crippen LogP contribution in [0.2, 0.25) is 0 Å². The highest BCUT2D eigenvalue weighted by Gasteiger charge is 2.16. The average Bonchev–Trinajstić information content (AvgIpc) is 2.41. The molecule has 20 heavy (non-hydrogen) atoms. The minimum absolute atomic E-state index is 0.0858. The van der Waals surface area contributed by atoms with Crippen LogP contribution in [0.25, 0.3) is 0 Å². The number of rotatable bonds is 3. The third-order valence-corrected chi connectivity index (χ3v) is 4.67. The molecule has 0 N–H and O–H groups in total. The Labute approximate surface area is 117 Å². The van der Waals surface area contributed by atoms with Gasteiger partial charge in [0.1, 0.15) is 5.82 Å². The first-order valence-corrected chi connectivity index (χ1v) is 7.55. The van der Waals surface area contributed by atoms with Crippen molar-refractivity contribution in [1.29, 1.82) is 5.26 Å². The Kier molecular flexibility index (Phi) is 3.86. The van der Waals surface area contributed by atoms with E-state index in [1.807, 2.05) is 6.07 Å². The second-order valence-corrected chi connectivity index (χ2v) is 6.46. The Hall–Kier alpha value is -2.19. The molecule has 0 bridgehead atoms. The SMILES string of the molecule is Cc1cc(C#N)ccc1CS(=O)(=O)c1ccc(F)cc1. The minimum atomic E-state index is -3.52. The van der Waals surface area contributed by atoms with Gasteiger partial charge in [-0.2, -0.15) is 5.26 Å². The molecule has 0 aliphatic carbocycles. The van der Waals surface area contributed by atoms with Crippen LogP contribution in [-0.4, -0.2) is 8.42 Å². The second-order valence-electron chi connectivity index (χ2n) is 4.47. The quantitative estimate of drug-likeness (QED) is 0.816. The van der Waals surface area contributed by atoms with Gasteiger partial charge < -0.3 is 0 Å². The molecule has 2 aromatic carbocycles. The van der Waals surface area contributed by atoms with Gasteiger partial charge in [-0.15, -0.1) is 0 Å². The number of benzene rings is 2. The molecular weight excluding hydrogens is 277 g/mol. The summed E-state index contributed by atoms with van der Waals surface area (Å²) in [5, 5.41) is 8.79. The molecular formula is C15H12FNO2S.